The molecule has 2 heterocycles. The molecule has 0 radical (unpaired) electrons. The first-order valence-corrected chi connectivity index (χ1v) is 6.21. The molecule has 2 aromatic heterocycles. The molecular formula is C13H19N3O3. The number of furan rings is 1. The first-order chi connectivity index (χ1) is 9.25. The Bertz CT molecular complexity index is 467. The van der Waals surface area contributed by atoms with Crippen LogP contribution in [0, 0.1) is 0 Å². The molecule has 0 aliphatic rings. The van der Waals surface area contributed by atoms with Gasteiger partial charge in [0.1, 0.15) is 18.2 Å². The van der Waals surface area contributed by atoms with Gasteiger partial charge in [0, 0.05) is 26.0 Å². The molecule has 0 fully saturated rings. The summed E-state index contributed by atoms with van der Waals surface area (Å²) in [5, 5.41) is 12.9. The van der Waals surface area contributed by atoms with Crippen molar-refractivity contribution in [3.05, 3.63) is 42.4 Å². The lowest BCUT2D eigenvalue weighted by Crippen LogP contribution is -2.30. The Morgan fingerprint density at radius 3 is 3.16 bits per heavy atom. The van der Waals surface area contributed by atoms with Crippen LogP contribution in [-0.2, 0) is 24.9 Å². The number of nitrogens with one attached hydrogen (secondary N) is 1. The Labute approximate surface area is 112 Å². The number of aryl methyl sites for hydroxylation is 1. The van der Waals surface area contributed by atoms with Gasteiger partial charge in [-0.25, -0.2) is 4.98 Å². The summed E-state index contributed by atoms with van der Waals surface area (Å²) in [4.78, 5) is 4.18. The fourth-order valence-electron chi connectivity index (χ4n) is 1.67. The Balaban J connectivity index is 1.57. The molecule has 0 bridgehead atoms. The molecule has 0 amide bonds. The molecule has 0 saturated carbocycles. The van der Waals surface area contributed by atoms with Gasteiger partial charge >= 0.3 is 0 Å². The number of aromatic nitrogens is 2. The average Bonchev–Trinajstić information content (AvgIpc) is 3.02. The van der Waals surface area contributed by atoms with Crippen molar-refractivity contribution < 1.29 is 14.3 Å². The van der Waals surface area contributed by atoms with Crippen LogP contribution in [0.25, 0.3) is 0 Å². The normalized spacial score (nSPS) is 12.7. The molecule has 6 heteroatoms. The van der Waals surface area contributed by atoms with Gasteiger partial charge in [-0.2, -0.15) is 0 Å². The van der Waals surface area contributed by atoms with Crippen molar-refractivity contribution in [1.82, 2.24) is 14.9 Å². The molecule has 1 atom stereocenters. The Morgan fingerprint density at radius 1 is 1.58 bits per heavy atom. The Hall–Kier alpha value is -1.63. The fourth-order valence-corrected chi connectivity index (χ4v) is 1.67. The van der Waals surface area contributed by atoms with Crippen molar-refractivity contribution in [2.24, 2.45) is 7.05 Å². The summed E-state index contributed by atoms with van der Waals surface area (Å²) in [5.74, 6) is 1.69. The second-order valence-corrected chi connectivity index (χ2v) is 4.33. The van der Waals surface area contributed by atoms with Gasteiger partial charge < -0.3 is 24.1 Å². The predicted molar refractivity (Wildman–Crippen MR) is 69.3 cm³/mol. The van der Waals surface area contributed by atoms with Crippen LogP contribution in [0.3, 0.4) is 0 Å². The van der Waals surface area contributed by atoms with Crippen LogP contribution < -0.4 is 5.32 Å². The molecular weight excluding hydrogens is 246 g/mol. The van der Waals surface area contributed by atoms with Crippen LogP contribution in [0.4, 0.5) is 0 Å². The minimum atomic E-state index is -0.546. The van der Waals surface area contributed by atoms with E-state index in [0.29, 0.717) is 19.7 Å². The quantitative estimate of drug-likeness (QED) is 0.734. The van der Waals surface area contributed by atoms with E-state index in [4.69, 9.17) is 9.15 Å². The number of hydrogen-bond acceptors (Lipinski definition) is 5. The number of nitrogens with zero attached hydrogens (tertiary/aromatic N) is 2. The van der Waals surface area contributed by atoms with E-state index in [9.17, 15) is 5.11 Å². The van der Waals surface area contributed by atoms with Crippen LogP contribution >= 0.6 is 0 Å². The van der Waals surface area contributed by atoms with Gasteiger partial charge in [-0.1, -0.05) is 0 Å². The summed E-state index contributed by atoms with van der Waals surface area (Å²) in [6.45, 7) is 1.74. The zero-order valence-corrected chi connectivity index (χ0v) is 11.0. The second kappa shape index (κ2) is 7.08. The van der Waals surface area contributed by atoms with Crippen LogP contribution in [0.1, 0.15) is 11.6 Å². The highest BCUT2D eigenvalue weighted by Gasteiger charge is 2.06. The van der Waals surface area contributed by atoms with Gasteiger partial charge in [-0.15, -0.1) is 0 Å². The summed E-state index contributed by atoms with van der Waals surface area (Å²) in [5.41, 5.74) is 0. The van der Waals surface area contributed by atoms with Gasteiger partial charge in [-0.05, 0) is 12.1 Å². The predicted octanol–water partition coefficient (Wildman–Crippen LogP) is 0.680. The molecule has 19 heavy (non-hydrogen) atoms. The van der Waals surface area contributed by atoms with Crippen LogP contribution in [0.5, 0.6) is 0 Å². The lowest BCUT2D eigenvalue weighted by atomic mass is 10.3. The maximum Gasteiger partial charge on any atom is 0.129 e. The number of aliphatic hydroxyl groups is 1. The zero-order valence-electron chi connectivity index (χ0n) is 11.0. The second-order valence-electron chi connectivity index (χ2n) is 4.33. The van der Waals surface area contributed by atoms with E-state index in [2.05, 4.69) is 10.3 Å². The van der Waals surface area contributed by atoms with E-state index in [1.165, 1.54) is 0 Å². The highest BCUT2D eigenvalue weighted by atomic mass is 16.5. The number of hydrogen-bond donors (Lipinski definition) is 2. The number of imidazole rings is 1. The van der Waals surface area contributed by atoms with Gasteiger partial charge in [0.05, 0.1) is 25.5 Å². The third kappa shape index (κ3) is 4.51. The topological polar surface area (TPSA) is 72.5 Å². The van der Waals surface area contributed by atoms with E-state index in [1.807, 2.05) is 29.9 Å². The van der Waals surface area contributed by atoms with E-state index in [-0.39, 0.29) is 6.61 Å². The molecule has 1 unspecified atom stereocenters. The molecule has 2 aromatic rings. The largest absolute Gasteiger partial charge is 0.467 e. The average molecular weight is 265 g/mol. The molecule has 2 rings (SSSR count). The van der Waals surface area contributed by atoms with Gasteiger partial charge in [0.15, 0.2) is 0 Å². The van der Waals surface area contributed by atoms with E-state index < -0.39 is 6.10 Å². The van der Waals surface area contributed by atoms with Crippen molar-refractivity contribution in [2.45, 2.75) is 19.3 Å². The summed E-state index contributed by atoms with van der Waals surface area (Å²) in [6, 6.07) is 3.65. The molecule has 0 aliphatic heterocycles. The lowest BCUT2D eigenvalue weighted by molar-refractivity contribution is 0.0225. The van der Waals surface area contributed by atoms with Gasteiger partial charge in [-0.3, -0.25) is 0 Å². The van der Waals surface area contributed by atoms with E-state index in [0.717, 1.165) is 11.6 Å². The van der Waals surface area contributed by atoms with Crippen LogP contribution in [0.15, 0.2) is 35.2 Å². The summed E-state index contributed by atoms with van der Waals surface area (Å²) >= 11 is 0. The minimum absolute atomic E-state index is 0.272. The number of rotatable bonds is 8. The fraction of sp³-hybridized carbons (Fsp3) is 0.462. The Morgan fingerprint density at radius 2 is 2.47 bits per heavy atom. The SMILES string of the molecule is Cn1ccnc1CNCC(O)COCc1ccco1. The highest BCUT2D eigenvalue weighted by molar-refractivity contribution is 4.96. The first kappa shape index (κ1) is 13.8. The molecule has 0 aromatic carbocycles. The van der Waals surface area contributed by atoms with Crippen molar-refractivity contribution in [3.8, 4) is 0 Å². The number of ether oxygens (including phenoxy) is 1. The summed E-state index contributed by atoms with van der Waals surface area (Å²) in [6.07, 6.45) is 4.69. The molecule has 0 aliphatic carbocycles. The van der Waals surface area contributed by atoms with Crippen molar-refractivity contribution in [3.63, 3.8) is 0 Å². The standard InChI is InChI=1S/C13H19N3O3/c1-16-5-4-15-13(16)8-14-7-11(17)9-18-10-12-3-2-6-19-12/h2-6,11,14,17H,7-10H2,1H3. The summed E-state index contributed by atoms with van der Waals surface area (Å²) < 4.78 is 12.4. The van der Waals surface area contributed by atoms with Crippen LogP contribution in [0.2, 0.25) is 0 Å². The van der Waals surface area contributed by atoms with Gasteiger partial charge in [0.2, 0.25) is 0 Å². The minimum Gasteiger partial charge on any atom is -0.467 e. The molecule has 104 valence electrons. The Kier molecular flexibility index (Phi) is 5.14. The van der Waals surface area contributed by atoms with Crippen molar-refractivity contribution in [1.29, 1.82) is 0 Å². The molecule has 0 saturated heterocycles. The molecule has 0 spiro atoms. The van der Waals surface area contributed by atoms with Crippen LogP contribution in [-0.4, -0.2) is 33.9 Å². The smallest absolute Gasteiger partial charge is 0.129 e. The third-order valence-electron chi connectivity index (χ3n) is 2.72. The monoisotopic (exact) mass is 265 g/mol. The molecule has 2 N–H and O–H groups in total. The molecule has 6 nitrogen and oxygen atoms in total. The lowest BCUT2D eigenvalue weighted by Gasteiger charge is -2.11. The number of aliphatic hydroxyl groups excluding tert-OH is 1. The summed E-state index contributed by atoms with van der Waals surface area (Å²) in [7, 11) is 1.94. The van der Waals surface area contributed by atoms with Crippen molar-refractivity contribution >= 4 is 0 Å². The van der Waals surface area contributed by atoms with Crippen molar-refractivity contribution in [2.75, 3.05) is 13.2 Å². The first-order valence-electron chi connectivity index (χ1n) is 6.21. The van der Waals surface area contributed by atoms with E-state index >= 15 is 0 Å². The van der Waals surface area contributed by atoms with Gasteiger partial charge in [0.25, 0.3) is 0 Å². The zero-order chi connectivity index (χ0) is 13.5. The highest BCUT2D eigenvalue weighted by Crippen LogP contribution is 2.02. The van der Waals surface area contributed by atoms with E-state index in [1.54, 1.807) is 12.5 Å². The third-order valence-corrected chi connectivity index (χ3v) is 2.72. The maximum absolute atomic E-state index is 9.73. The maximum atomic E-state index is 9.73.